The Labute approximate surface area is 192 Å². The van der Waals surface area contributed by atoms with Gasteiger partial charge < -0.3 is 19.3 Å². The highest BCUT2D eigenvalue weighted by atomic mass is 16.5. The van der Waals surface area contributed by atoms with Crippen LogP contribution in [0.25, 0.3) is 22.0 Å². The first-order valence-corrected chi connectivity index (χ1v) is 10.7. The summed E-state index contributed by atoms with van der Waals surface area (Å²) in [5, 5.41) is 3.56. The maximum Gasteiger partial charge on any atom is 0.231 e. The minimum absolute atomic E-state index is 0.0665. The van der Waals surface area contributed by atoms with E-state index >= 15 is 0 Å². The van der Waals surface area contributed by atoms with E-state index in [1.54, 1.807) is 21.1 Å². The van der Waals surface area contributed by atoms with Gasteiger partial charge in [-0.05, 0) is 35.4 Å². The lowest BCUT2D eigenvalue weighted by Crippen LogP contribution is -2.48. The van der Waals surface area contributed by atoms with E-state index in [1.807, 2.05) is 41.3 Å². The number of nitrogens with zero attached hydrogens (tertiary/aromatic N) is 4. The molecular formula is C24H27N5O4. The van der Waals surface area contributed by atoms with Crippen LogP contribution in [-0.2, 0) is 9.59 Å². The Morgan fingerprint density at radius 2 is 1.55 bits per heavy atom. The monoisotopic (exact) mass is 449 g/mol. The maximum atomic E-state index is 11.7. The molecular weight excluding hydrogens is 422 g/mol. The second kappa shape index (κ2) is 9.32. The fourth-order valence-corrected chi connectivity index (χ4v) is 4.00. The Bertz CT molecular complexity index is 1200. The third kappa shape index (κ3) is 4.67. The normalized spacial score (nSPS) is 13.7. The van der Waals surface area contributed by atoms with E-state index in [1.165, 1.54) is 6.92 Å². The van der Waals surface area contributed by atoms with Crippen LogP contribution in [0.3, 0.4) is 0 Å². The van der Waals surface area contributed by atoms with Crippen LogP contribution in [0.5, 0.6) is 11.5 Å². The van der Waals surface area contributed by atoms with E-state index in [-0.39, 0.29) is 17.8 Å². The first-order chi connectivity index (χ1) is 15.9. The Morgan fingerprint density at radius 3 is 2.18 bits per heavy atom. The van der Waals surface area contributed by atoms with Crippen molar-refractivity contribution in [1.82, 2.24) is 14.9 Å². The van der Waals surface area contributed by atoms with Crippen LogP contribution in [0.1, 0.15) is 13.8 Å². The molecule has 172 valence electrons. The lowest BCUT2D eigenvalue weighted by Gasteiger charge is -2.35. The zero-order valence-corrected chi connectivity index (χ0v) is 19.2. The van der Waals surface area contributed by atoms with Crippen molar-refractivity contribution < 1.29 is 19.1 Å². The van der Waals surface area contributed by atoms with Crippen LogP contribution in [0.2, 0.25) is 0 Å². The van der Waals surface area contributed by atoms with E-state index in [9.17, 15) is 9.59 Å². The second-order valence-electron chi connectivity index (χ2n) is 7.85. The van der Waals surface area contributed by atoms with Crippen molar-refractivity contribution in [3.63, 3.8) is 0 Å². The van der Waals surface area contributed by atoms with E-state index < -0.39 is 0 Å². The third-order valence-corrected chi connectivity index (χ3v) is 5.70. The highest BCUT2D eigenvalue weighted by molar-refractivity contribution is 5.96. The van der Waals surface area contributed by atoms with Gasteiger partial charge in [-0.2, -0.15) is 4.98 Å². The quantitative estimate of drug-likeness (QED) is 0.640. The van der Waals surface area contributed by atoms with Gasteiger partial charge in [0.05, 0.1) is 19.7 Å². The molecule has 1 N–H and O–H groups in total. The number of ether oxygens (including phenoxy) is 2. The molecule has 0 aliphatic carbocycles. The topological polar surface area (TPSA) is 96.9 Å². The number of fused-ring (bicyclic) bond motifs is 1. The van der Waals surface area contributed by atoms with Crippen molar-refractivity contribution in [3.05, 3.63) is 36.4 Å². The molecule has 33 heavy (non-hydrogen) atoms. The fraction of sp³-hybridized carbons (Fsp3) is 0.333. The molecule has 1 aliphatic heterocycles. The molecule has 2 aromatic carbocycles. The van der Waals surface area contributed by atoms with Crippen molar-refractivity contribution in [2.24, 2.45) is 0 Å². The predicted molar refractivity (Wildman–Crippen MR) is 127 cm³/mol. The summed E-state index contributed by atoms with van der Waals surface area (Å²) in [6.45, 7) is 5.54. The standard InChI is InChI=1S/C24H27N5O4/c1-15(30)25-24-26-20-7-5-17(18-6-8-21(32-3)22(14-18)33-4)13-19(20)23(27-24)29-11-9-28(10-12-29)16(2)31/h5-8,13-14H,9-12H2,1-4H3,(H,25,26,27,30). The van der Waals surface area contributed by atoms with E-state index in [2.05, 4.69) is 20.2 Å². The number of hydrogen-bond acceptors (Lipinski definition) is 7. The molecule has 3 aromatic rings. The largest absolute Gasteiger partial charge is 0.493 e. The zero-order chi connectivity index (χ0) is 23.5. The molecule has 0 radical (unpaired) electrons. The summed E-state index contributed by atoms with van der Waals surface area (Å²) in [5.41, 5.74) is 2.66. The molecule has 2 heterocycles. The average Bonchev–Trinajstić information content (AvgIpc) is 2.82. The summed E-state index contributed by atoms with van der Waals surface area (Å²) >= 11 is 0. The van der Waals surface area contributed by atoms with Crippen LogP contribution in [0.15, 0.2) is 36.4 Å². The van der Waals surface area contributed by atoms with Gasteiger partial charge in [0.1, 0.15) is 5.82 Å². The van der Waals surface area contributed by atoms with Gasteiger partial charge in [-0.1, -0.05) is 12.1 Å². The fourth-order valence-electron chi connectivity index (χ4n) is 4.00. The molecule has 1 aromatic heterocycles. The van der Waals surface area contributed by atoms with Crippen LogP contribution in [-0.4, -0.2) is 67.1 Å². The van der Waals surface area contributed by atoms with Gasteiger partial charge in [-0.25, -0.2) is 4.98 Å². The average molecular weight is 450 g/mol. The number of piperazine rings is 1. The summed E-state index contributed by atoms with van der Waals surface area (Å²) in [6, 6.07) is 11.7. The van der Waals surface area contributed by atoms with Crippen molar-refractivity contribution >= 4 is 34.5 Å². The third-order valence-electron chi connectivity index (χ3n) is 5.70. The number of hydrogen-bond donors (Lipinski definition) is 1. The van der Waals surface area contributed by atoms with Gasteiger partial charge >= 0.3 is 0 Å². The lowest BCUT2D eigenvalue weighted by atomic mass is 10.0. The molecule has 0 atom stereocenters. The number of benzene rings is 2. The van der Waals surface area contributed by atoms with Gasteiger partial charge in [-0.15, -0.1) is 0 Å². The number of carbonyl (C=O) groups is 2. The summed E-state index contributed by atoms with van der Waals surface area (Å²) in [5.74, 6) is 2.13. The number of carbonyl (C=O) groups excluding carboxylic acids is 2. The maximum absolute atomic E-state index is 11.7. The van der Waals surface area contributed by atoms with Gasteiger partial charge in [0.2, 0.25) is 17.8 Å². The number of nitrogens with one attached hydrogen (secondary N) is 1. The molecule has 0 spiro atoms. The van der Waals surface area contributed by atoms with Gasteiger partial charge in [0, 0.05) is 45.4 Å². The van der Waals surface area contributed by atoms with Gasteiger partial charge in [-0.3, -0.25) is 14.9 Å². The Balaban J connectivity index is 1.79. The summed E-state index contributed by atoms with van der Waals surface area (Å²) in [6.07, 6.45) is 0. The highest BCUT2D eigenvalue weighted by Crippen LogP contribution is 2.35. The van der Waals surface area contributed by atoms with E-state index in [4.69, 9.17) is 9.47 Å². The molecule has 1 aliphatic rings. The number of aromatic nitrogens is 2. The summed E-state index contributed by atoms with van der Waals surface area (Å²) in [7, 11) is 3.22. The lowest BCUT2D eigenvalue weighted by molar-refractivity contribution is -0.129. The molecule has 1 fully saturated rings. The van der Waals surface area contributed by atoms with Crippen molar-refractivity contribution in [2.45, 2.75) is 13.8 Å². The number of amides is 2. The minimum Gasteiger partial charge on any atom is -0.493 e. The SMILES string of the molecule is COc1ccc(-c2ccc3nc(NC(C)=O)nc(N4CCN(C(C)=O)CC4)c3c2)cc1OC. The second-order valence-corrected chi connectivity index (χ2v) is 7.85. The zero-order valence-electron chi connectivity index (χ0n) is 19.2. The van der Waals surface area contributed by atoms with E-state index in [0.717, 1.165) is 27.8 Å². The first kappa shape index (κ1) is 22.3. The van der Waals surface area contributed by atoms with Crippen LogP contribution in [0, 0.1) is 0 Å². The smallest absolute Gasteiger partial charge is 0.231 e. The van der Waals surface area contributed by atoms with Crippen LogP contribution in [0.4, 0.5) is 11.8 Å². The van der Waals surface area contributed by atoms with Gasteiger partial charge in [0.15, 0.2) is 11.5 Å². The first-order valence-electron chi connectivity index (χ1n) is 10.7. The van der Waals surface area contributed by atoms with Crippen LogP contribution < -0.4 is 19.7 Å². The summed E-state index contributed by atoms with van der Waals surface area (Å²) < 4.78 is 10.8. The molecule has 9 nitrogen and oxygen atoms in total. The molecule has 1 saturated heterocycles. The molecule has 0 bridgehead atoms. The van der Waals surface area contributed by atoms with Crippen molar-refractivity contribution in [3.8, 4) is 22.6 Å². The van der Waals surface area contributed by atoms with Gasteiger partial charge in [0.25, 0.3) is 0 Å². The molecule has 0 saturated carbocycles. The molecule has 9 heteroatoms. The van der Waals surface area contributed by atoms with Crippen molar-refractivity contribution in [2.75, 3.05) is 50.6 Å². The number of methoxy groups -OCH3 is 2. The Hall–Kier alpha value is -3.88. The Morgan fingerprint density at radius 1 is 0.879 bits per heavy atom. The highest BCUT2D eigenvalue weighted by Gasteiger charge is 2.22. The molecule has 0 unspecified atom stereocenters. The summed E-state index contributed by atoms with van der Waals surface area (Å²) in [4.78, 5) is 36.5. The predicted octanol–water partition coefficient (Wildman–Crippen LogP) is 2.94. The van der Waals surface area contributed by atoms with Crippen molar-refractivity contribution in [1.29, 1.82) is 0 Å². The van der Waals surface area contributed by atoms with Crippen LogP contribution >= 0.6 is 0 Å². The number of rotatable bonds is 5. The number of anilines is 2. The molecule has 4 rings (SSSR count). The van der Waals surface area contributed by atoms with E-state index in [0.29, 0.717) is 37.7 Å². The minimum atomic E-state index is -0.233. The molecule has 2 amide bonds. The Kier molecular flexibility index (Phi) is 6.30.